The number of nitrogens with one attached hydrogen (secondary N) is 1. The minimum absolute atomic E-state index is 0. The Kier molecular flexibility index (Phi) is 5.35. The van der Waals surface area contributed by atoms with Gasteiger partial charge in [0.05, 0.1) is 0 Å². The van der Waals surface area contributed by atoms with Gasteiger partial charge in [-0.15, -0.1) is 11.1 Å². The second kappa shape index (κ2) is 5.50. The van der Waals surface area contributed by atoms with Crippen LogP contribution >= 0.6 is 0 Å². The van der Waals surface area contributed by atoms with E-state index < -0.39 is 0 Å². The standard InChI is InChI=1S/C12H16N.Na/c1-8(2)13-12-7-9(3)6-10(4)11(12)5;/h6-7,13H,1,4H2,2-3,5H3;/q-1;+1. The first-order valence-corrected chi connectivity index (χ1v) is 4.36. The zero-order valence-corrected chi connectivity index (χ0v) is 11.6. The number of aryl methyl sites for hydroxylation is 1. The van der Waals surface area contributed by atoms with Gasteiger partial charge in [-0.05, 0) is 12.6 Å². The second-order valence-corrected chi connectivity index (χ2v) is 3.50. The van der Waals surface area contributed by atoms with Gasteiger partial charge in [0.25, 0.3) is 0 Å². The summed E-state index contributed by atoms with van der Waals surface area (Å²) < 4.78 is 0. The molecule has 0 saturated carbocycles. The predicted octanol–water partition coefficient (Wildman–Crippen LogP) is 0.435. The molecule has 0 saturated heterocycles. The molecule has 0 radical (unpaired) electrons. The van der Waals surface area contributed by atoms with Gasteiger partial charge >= 0.3 is 29.6 Å². The Balaban J connectivity index is 0.00000169. The van der Waals surface area contributed by atoms with Crippen LogP contribution < -0.4 is 34.9 Å². The summed E-state index contributed by atoms with van der Waals surface area (Å²) >= 11 is 0. The van der Waals surface area contributed by atoms with Crippen molar-refractivity contribution in [2.24, 2.45) is 0 Å². The Morgan fingerprint density at radius 2 is 1.93 bits per heavy atom. The van der Waals surface area contributed by atoms with Crippen molar-refractivity contribution in [1.82, 2.24) is 0 Å². The van der Waals surface area contributed by atoms with Crippen molar-refractivity contribution in [1.29, 1.82) is 0 Å². The molecule has 0 aliphatic heterocycles. The van der Waals surface area contributed by atoms with E-state index in [0.29, 0.717) is 0 Å². The molecule has 0 unspecified atom stereocenters. The van der Waals surface area contributed by atoms with Crippen molar-refractivity contribution in [3.05, 3.63) is 48.0 Å². The fourth-order valence-corrected chi connectivity index (χ4v) is 1.29. The van der Waals surface area contributed by atoms with E-state index in [1.54, 1.807) is 0 Å². The van der Waals surface area contributed by atoms with Crippen LogP contribution in [-0.4, -0.2) is 0 Å². The molecule has 1 aromatic carbocycles. The van der Waals surface area contributed by atoms with Gasteiger partial charge < -0.3 is 5.32 Å². The molecule has 0 aliphatic rings. The third-order valence-corrected chi connectivity index (χ3v) is 2.01. The van der Waals surface area contributed by atoms with E-state index in [9.17, 15) is 0 Å². The summed E-state index contributed by atoms with van der Waals surface area (Å²) in [6.07, 6.45) is 0. The minimum atomic E-state index is 0. The number of anilines is 1. The summed E-state index contributed by atoms with van der Waals surface area (Å²) in [7, 11) is 0. The smallest absolute Gasteiger partial charge is 0.370 e. The number of allylic oxidation sites excluding steroid dienone is 1. The molecule has 2 heteroatoms. The second-order valence-electron chi connectivity index (χ2n) is 3.50. The van der Waals surface area contributed by atoms with E-state index in [1.807, 2.05) is 6.92 Å². The maximum absolute atomic E-state index is 3.98. The quantitative estimate of drug-likeness (QED) is 0.536. The maximum Gasteiger partial charge on any atom is 1.00 e. The average Bonchev–Trinajstić information content (AvgIpc) is 1.98. The summed E-state index contributed by atoms with van der Waals surface area (Å²) in [4.78, 5) is 0. The third kappa shape index (κ3) is 3.41. The fourth-order valence-electron chi connectivity index (χ4n) is 1.29. The Labute approximate surface area is 109 Å². The van der Waals surface area contributed by atoms with Crippen LogP contribution in [0.4, 0.5) is 5.69 Å². The number of rotatable bonds is 2. The van der Waals surface area contributed by atoms with Gasteiger partial charge in [0.15, 0.2) is 0 Å². The first-order chi connectivity index (χ1) is 6.00. The van der Waals surface area contributed by atoms with E-state index in [1.165, 1.54) is 11.1 Å². The van der Waals surface area contributed by atoms with Gasteiger partial charge in [-0.2, -0.15) is 18.6 Å². The van der Waals surface area contributed by atoms with Gasteiger partial charge in [0.2, 0.25) is 0 Å². The molecule has 1 nitrogen and oxygen atoms in total. The van der Waals surface area contributed by atoms with Crippen LogP contribution in [0.25, 0.3) is 0 Å². The molecule has 1 aromatic rings. The summed E-state index contributed by atoms with van der Waals surface area (Å²) in [5, 5.41) is 3.22. The molecule has 1 rings (SSSR count). The molecule has 0 bridgehead atoms. The SMILES string of the molecule is C=C(C)Nc1cc(C)cc([CH2-])c1C.[Na+]. The first-order valence-electron chi connectivity index (χ1n) is 4.36. The van der Waals surface area contributed by atoms with Crippen LogP contribution in [0.15, 0.2) is 24.4 Å². The molecule has 0 spiro atoms. The molecule has 1 N–H and O–H groups in total. The van der Waals surface area contributed by atoms with Crippen LogP contribution in [0.1, 0.15) is 23.6 Å². The molecule has 0 atom stereocenters. The van der Waals surface area contributed by atoms with Gasteiger partial charge in [0.1, 0.15) is 0 Å². The largest absolute Gasteiger partial charge is 1.00 e. The van der Waals surface area contributed by atoms with Crippen molar-refractivity contribution in [3.63, 3.8) is 0 Å². The molecular weight excluding hydrogens is 181 g/mol. The number of hydrogen-bond acceptors (Lipinski definition) is 1. The number of benzene rings is 1. The summed E-state index contributed by atoms with van der Waals surface area (Å²) in [6, 6.07) is 4.19. The Morgan fingerprint density at radius 1 is 1.36 bits per heavy atom. The molecule has 14 heavy (non-hydrogen) atoms. The third-order valence-electron chi connectivity index (χ3n) is 2.01. The van der Waals surface area contributed by atoms with Crippen LogP contribution in [0.2, 0.25) is 0 Å². The van der Waals surface area contributed by atoms with Crippen LogP contribution in [-0.2, 0) is 0 Å². The van der Waals surface area contributed by atoms with Gasteiger partial charge in [0, 0.05) is 5.70 Å². The zero-order chi connectivity index (χ0) is 10.0. The van der Waals surface area contributed by atoms with Crippen molar-refractivity contribution < 1.29 is 29.6 Å². The van der Waals surface area contributed by atoms with E-state index in [2.05, 4.69) is 44.8 Å². The Hall–Kier alpha value is -0.370. The predicted molar refractivity (Wildman–Crippen MR) is 58.8 cm³/mol. The van der Waals surface area contributed by atoms with Crippen molar-refractivity contribution in [2.45, 2.75) is 20.8 Å². The Morgan fingerprint density at radius 3 is 2.43 bits per heavy atom. The first kappa shape index (κ1) is 13.6. The topological polar surface area (TPSA) is 12.0 Å². The van der Waals surface area contributed by atoms with Crippen LogP contribution in [0.3, 0.4) is 0 Å². The molecule has 70 valence electrons. The van der Waals surface area contributed by atoms with E-state index in [4.69, 9.17) is 0 Å². The monoisotopic (exact) mass is 197 g/mol. The minimum Gasteiger partial charge on any atom is -0.370 e. The zero-order valence-electron chi connectivity index (χ0n) is 9.57. The molecular formula is C12H16NNa. The van der Waals surface area contributed by atoms with Gasteiger partial charge in [-0.25, -0.2) is 0 Å². The average molecular weight is 197 g/mol. The molecule has 0 fully saturated rings. The molecule has 0 aromatic heterocycles. The molecule has 0 aliphatic carbocycles. The van der Waals surface area contributed by atoms with Crippen LogP contribution in [0.5, 0.6) is 0 Å². The Bertz CT molecular complexity index is 342. The van der Waals surface area contributed by atoms with E-state index in [-0.39, 0.29) is 29.6 Å². The van der Waals surface area contributed by atoms with Gasteiger partial charge in [-0.1, -0.05) is 26.5 Å². The molecule has 0 heterocycles. The van der Waals surface area contributed by atoms with E-state index >= 15 is 0 Å². The van der Waals surface area contributed by atoms with Crippen molar-refractivity contribution in [2.75, 3.05) is 5.32 Å². The fraction of sp³-hybridized carbons (Fsp3) is 0.250. The van der Waals surface area contributed by atoms with Crippen molar-refractivity contribution in [3.8, 4) is 0 Å². The summed E-state index contributed by atoms with van der Waals surface area (Å²) in [5.41, 5.74) is 5.54. The van der Waals surface area contributed by atoms with E-state index in [0.717, 1.165) is 16.9 Å². The van der Waals surface area contributed by atoms with Gasteiger partial charge in [-0.3, -0.25) is 0 Å². The van der Waals surface area contributed by atoms with Crippen LogP contribution in [0, 0.1) is 20.8 Å². The normalized spacial score (nSPS) is 9.07. The van der Waals surface area contributed by atoms with Crippen molar-refractivity contribution >= 4 is 5.69 Å². The summed E-state index contributed by atoms with van der Waals surface area (Å²) in [5.74, 6) is 0. The number of hydrogen-bond donors (Lipinski definition) is 1. The summed E-state index contributed by atoms with van der Waals surface area (Å²) in [6.45, 7) is 13.9. The maximum atomic E-state index is 3.98. The molecule has 0 amide bonds.